The molecule has 0 radical (unpaired) electrons. The van der Waals surface area contributed by atoms with E-state index in [-0.39, 0.29) is 0 Å². The fraction of sp³-hybridized carbons (Fsp3) is 0.167. The van der Waals surface area contributed by atoms with Gasteiger partial charge in [0.05, 0.1) is 5.56 Å². The number of nitrogens with zero attached hydrogens (tertiary/aromatic N) is 1. The van der Waals surface area contributed by atoms with Crippen molar-refractivity contribution in [1.82, 2.24) is 4.90 Å². The number of carboxylic acids is 1. The van der Waals surface area contributed by atoms with Gasteiger partial charge in [-0.25, -0.2) is 4.79 Å². The molecular weight excluding hydrogens is 442 g/mol. The number of benzene rings is 4. The van der Waals surface area contributed by atoms with Crippen molar-refractivity contribution in [2.24, 2.45) is 0 Å². The molecule has 3 nitrogen and oxygen atoms in total. The van der Waals surface area contributed by atoms with Crippen molar-refractivity contribution in [2.75, 3.05) is 6.54 Å². The summed E-state index contributed by atoms with van der Waals surface area (Å²) in [4.78, 5) is 13.9. The Kier molecular flexibility index (Phi) is 8.13. The number of rotatable bonds is 10. The highest BCUT2D eigenvalue weighted by molar-refractivity contribution is 6.30. The van der Waals surface area contributed by atoms with Crippen LogP contribution in [-0.4, -0.2) is 22.5 Å². The average molecular weight is 470 g/mol. The average Bonchev–Trinajstić information content (AvgIpc) is 2.86. The Morgan fingerprint density at radius 3 is 2.26 bits per heavy atom. The molecule has 4 rings (SSSR count). The van der Waals surface area contributed by atoms with Gasteiger partial charge in [0.25, 0.3) is 0 Å². The maximum absolute atomic E-state index is 11.5. The van der Waals surface area contributed by atoms with Crippen LogP contribution in [0.5, 0.6) is 0 Å². The predicted molar refractivity (Wildman–Crippen MR) is 139 cm³/mol. The molecule has 0 bridgehead atoms. The SMILES string of the molecule is O=C(O)c1cccc(-c2ccccc2CN(CCCc2ccccc2)Cc2ccc(Cl)cc2)c1. The molecule has 0 unspecified atom stereocenters. The number of carboxylic acid groups (broad SMARTS) is 1. The van der Waals surface area contributed by atoms with Gasteiger partial charge in [-0.15, -0.1) is 0 Å². The maximum atomic E-state index is 11.5. The Bertz CT molecular complexity index is 1220. The summed E-state index contributed by atoms with van der Waals surface area (Å²) in [7, 11) is 0. The third kappa shape index (κ3) is 6.57. The normalized spacial score (nSPS) is 11.0. The summed E-state index contributed by atoms with van der Waals surface area (Å²) >= 11 is 6.10. The lowest BCUT2D eigenvalue weighted by Crippen LogP contribution is -2.24. The summed E-state index contributed by atoms with van der Waals surface area (Å²) in [5.74, 6) is -0.912. The Balaban J connectivity index is 1.56. The number of carbonyl (C=O) groups is 1. The lowest BCUT2D eigenvalue weighted by atomic mass is 9.97. The summed E-state index contributed by atoms with van der Waals surface area (Å²) < 4.78 is 0. The van der Waals surface area contributed by atoms with Gasteiger partial charge in [-0.3, -0.25) is 4.90 Å². The molecule has 4 aromatic rings. The maximum Gasteiger partial charge on any atom is 0.335 e. The monoisotopic (exact) mass is 469 g/mol. The molecule has 172 valence electrons. The van der Waals surface area contributed by atoms with Crippen molar-refractivity contribution >= 4 is 17.6 Å². The number of hydrogen-bond donors (Lipinski definition) is 1. The van der Waals surface area contributed by atoms with Gasteiger partial charge in [0, 0.05) is 18.1 Å². The zero-order valence-corrected chi connectivity index (χ0v) is 19.8. The topological polar surface area (TPSA) is 40.5 Å². The molecule has 0 atom stereocenters. The Labute approximate surface area is 206 Å². The Morgan fingerprint density at radius 1 is 0.765 bits per heavy atom. The highest BCUT2D eigenvalue weighted by Crippen LogP contribution is 2.26. The number of hydrogen-bond acceptors (Lipinski definition) is 2. The molecule has 0 spiro atoms. The van der Waals surface area contributed by atoms with E-state index in [1.807, 2.05) is 36.4 Å². The minimum absolute atomic E-state index is 0.299. The van der Waals surface area contributed by atoms with Crippen LogP contribution in [0, 0.1) is 0 Å². The summed E-state index contributed by atoms with van der Waals surface area (Å²) in [6.07, 6.45) is 2.08. The number of aromatic carboxylic acids is 1. The largest absolute Gasteiger partial charge is 0.478 e. The van der Waals surface area contributed by atoms with E-state index in [2.05, 4.69) is 53.4 Å². The third-order valence-corrected chi connectivity index (χ3v) is 6.19. The van der Waals surface area contributed by atoms with E-state index < -0.39 is 5.97 Å². The number of halogens is 1. The van der Waals surface area contributed by atoms with Crippen molar-refractivity contribution in [3.05, 3.63) is 130 Å². The Morgan fingerprint density at radius 2 is 1.50 bits per heavy atom. The minimum atomic E-state index is -0.912. The first kappa shape index (κ1) is 23.7. The molecule has 0 aliphatic heterocycles. The third-order valence-electron chi connectivity index (χ3n) is 5.93. The van der Waals surface area contributed by atoms with E-state index in [0.717, 1.165) is 48.6 Å². The highest BCUT2D eigenvalue weighted by Gasteiger charge is 2.13. The van der Waals surface area contributed by atoms with Crippen molar-refractivity contribution in [1.29, 1.82) is 0 Å². The summed E-state index contributed by atoms with van der Waals surface area (Å²) in [6.45, 7) is 2.53. The molecule has 4 aromatic carbocycles. The van der Waals surface area contributed by atoms with E-state index >= 15 is 0 Å². The van der Waals surface area contributed by atoms with Gasteiger partial charge in [-0.05, 0) is 71.5 Å². The molecule has 0 aliphatic carbocycles. The molecule has 4 heteroatoms. The molecule has 0 aliphatic rings. The lowest BCUT2D eigenvalue weighted by Gasteiger charge is -2.24. The van der Waals surface area contributed by atoms with E-state index in [9.17, 15) is 9.90 Å². The van der Waals surface area contributed by atoms with Crippen LogP contribution in [0.3, 0.4) is 0 Å². The zero-order chi connectivity index (χ0) is 23.8. The minimum Gasteiger partial charge on any atom is -0.478 e. The molecule has 34 heavy (non-hydrogen) atoms. The first-order valence-corrected chi connectivity index (χ1v) is 11.9. The van der Waals surface area contributed by atoms with Crippen molar-refractivity contribution in [3.63, 3.8) is 0 Å². The standard InChI is InChI=1S/C30H28ClNO2/c31-28-17-15-24(16-18-28)21-32(19-7-10-23-8-2-1-3-9-23)22-27-11-4-5-14-29(27)25-12-6-13-26(20-25)30(33)34/h1-6,8-9,11-18,20H,7,10,19,21-22H2,(H,33,34). The predicted octanol–water partition coefficient (Wildman–Crippen LogP) is 7.34. The van der Waals surface area contributed by atoms with Crippen LogP contribution in [-0.2, 0) is 19.5 Å². The highest BCUT2D eigenvalue weighted by atomic mass is 35.5. The van der Waals surface area contributed by atoms with E-state index in [0.29, 0.717) is 5.56 Å². The zero-order valence-electron chi connectivity index (χ0n) is 19.0. The lowest BCUT2D eigenvalue weighted by molar-refractivity contribution is 0.0697. The quantitative estimate of drug-likeness (QED) is 0.264. The first-order valence-electron chi connectivity index (χ1n) is 11.5. The molecule has 0 fully saturated rings. The van der Waals surface area contributed by atoms with Crippen LogP contribution in [0.1, 0.15) is 33.5 Å². The van der Waals surface area contributed by atoms with Crippen molar-refractivity contribution in [2.45, 2.75) is 25.9 Å². The van der Waals surface area contributed by atoms with Crippen LogP contribution in [0.4, 0.5) is 0 Å². The van der Waals surface area contributed by atoms with Gasteiger partial charge < -0.3 is 5.11 Å². The van der Waals surface area contributed by atoms with Crippen LogP contribution in [0.25, 0.3) is 11.1 Å². The fourth-order valence-electron chi connectivity index (χ4n) is 4.21. The molecular formula is C30H28ClNO2. The van der Waals surface area contributed by atoms with Crippen molar-refractivity contribution < 1.29 is 9.90 Å². The molecule has 0 amide bonds. The summed E-state index contributed by atoms with van der Waals surface area (Å²) in [5, 5.41) is 10.2. The Hall–Kier alpha value is -3.40. The van der Waals surface area contributed by atoms with E-state index in [4.69, 9.17) is 11.6 Å². The molecule has 0 saturated heterocycles. The number of aryl methyl sites for hydroxylation is 1. The van der Waals surface area contributed by atoms with Crippen LogP contribution in [0.15, 0.2) is 103 Å². The molecule has 0 aromatic heterocycles. The molecule has 0 heterocycles. The van der Waals surface area contributed by atoms with Crippen molar-refractivity contribution in [3.8, 4) is 11.1 Å². The molecule has 0 saturated carbocycles. The first-order chi connectivity index (χ1) is 16.6. The van der Waals surface area contributed by atoms with Gasteiger partial charge in [0.2, 0.25) is 0 Å². The van der Waals surface area contributed by atoms with Crippen LogP contribution in [0.2, 0.25) is 5.02 Å². The van der Waals surface area contributed by atoms with Crippen LogP contribution < -0.4 is 0 Å². The van der Waals surface area contributed by atoms with Crippen LogP contribution >= 0.6 is 11.6 Å². The summed E-state index contributed by atoms with van der Waals surface area (Å²) in [5.41, 5.74) is 6.03. The van der Waals surface area contributed by atoms with Gasteiger partial charge in [0.15, 0.2) is 0 Å². The van der Waals surface area contributed by atoms with E-state index in [1.165, 1.54) is 16.7 Å². The van der Waals surface area contributed by atoms with Gasteiger partial charge in [-0.2, -0.15) is 0 Å². The summed E-state index contributed by atoms with van der Waals surface area (Å²) in [6, 6.07) is 34.0. The second kappa shape index (κ2) is 11.6. The van der Waals surface area contributed by atoms with Gasteiger partial charge >= 0.3 is 5.97 Å². The molecule has 1 N–H and O–H groups in total. The smallest absolute Gasteiger partial charge is 0.335 e. The fourth-order valence-corrected chi connectivity index (χ4v) is 4.34. The van der Waals surface area contributed by atoms with Gasteiger partial charge in [0.1, 0.15) is 0 Å². The van der Waals surface area contributed by atoms with Gasteiger partial charge in [-0.1, -0.05) is 90.5 Å². The second-order valence-corrected chi connectivity index (χ2v) is 8.91. The van der Waals surface area contributed by atoms with E-state index in [1.54, 1.807) is 18.2 Å². The second-order valence-electron chi connectivity index (χ2n) is 8.47.